The van der Waals surface area contributed by atoms with Crippen LogP contribution < -0.4 is 0 Å². The van der Waals surface area contributed by atoms with Crippen molar-refractivity contribution >= 4 is 14.1 Å². The molecule has 0 amide bonds. The third-order valence-electron chi connectivity index (χ3n) is 2.32. The minimum atomic E-state index is -0.930. The molecule has 0 aliphatic heterocycles. The number of hydrogen-bond acceptors (Lipinski definition) is 1. The summed E-state index contributed by atoms with van der Waals surface area (Å²) in [5.74, 6) is 0. The molecular formula is C14H22OSi. The van der Waals surface area contributed by atoms with Gasteiger partial charge in [-0.3, -0.25) is 0 Å². The Hall–Kier alpha value is -0.863. The zero-order valence-corrected chi connectivity index (χ0v) is 11.6. The lowest BCUT2D eigenvalue weighted by atomic mass is 10.2. The largest absolute Gasteiger partial charge is 0.378 e. The van der Waals surface area contributed by atoms with Crippen LogP contribution in [0.3, 0.4) is 0 Å². The van der Waals surface area contributed by atoms with Gasteiger partial charge in [0.05, 0.1) is 6.61 Å². The van der Waals surface area contributed by atoms with Crippen molar-refractivity contribution in [3.8, 4) is 0 Å². The predicted molar refractivity (Wildman–Crippen MR) is 74.4 cm³/mol. The van der Waals surface area contributed by atoms with Crippen molar-refractivity contribution in [3.05, 3.63) is 42.0 Å². The molecule has 2 heteroatoms. The molecule has 1 aromatic carbocycles. The average molecular weight is 234 g/mol. The van der Waals surface area contributed by atoms with Gasteiger partial charge in [-0.2, -0.15) is 0 Å². The molecule has 0 bridgehead atoms. The van der Waals surface area contributed by atoms with Crippen LogP contribution in [0.2, 0.25) is 25.7 Å². The first kappa shape index (κ1) is 13.2. The van der Waals surface area contributed by atoms with Gasteiger partial charge in [-0.1, -0.05) is 62.1 Å². The van der Waals surface area contributed by atoms with Crippen LogP contribution in [-0.4, -0.2) is 21.3 Å². The number of ether oxygens (including phenoxy) is 1. The molecule has 0 aromatic heterocycles. The summed E-state index contributed by atoms with van der Waals surface area (Å²) in [6.07, 6.45) is 4.19. The van der Waals surface area contributed by atoms with Gasteiger partial charge in [-0.05, 0) is 11.6 Å². The van der Waals surface area contributed by atoms with Gasteiger partial charge in [0, 0.05) is 14.7 Å². The molecule has 0 saturated heterocycles. The van der Waals surface area contributed by atoms with Crippen molar-refractivity contribution in [2.24, 2.45) is 0 Å². The minimum absolute atomic E-state index is 0.722. The number of rotatable bonds is 6. The second-order valence-electron chi connectivity index (χ2n) is 5.20. The van der Waals surface area contributed by atoms with E-state index in [2.05, 4.69) is 43.9 Å². The van der Waals surface area contributed by atoms with E-state index in [9.17, 15) is 0 Å². The lowest BCUT2D eigenvalue weighted by molar-refractivity contribution is 0.177. The molecular weight excluding hydrogens is 212 g/mol. The van der Waals surface area contributed by atoms with Crippen LogP contribution in [0.25, 0.3) is 6.08 Å². The van der Waals surface area contributed by atoms with Crippen molar-refractivity contribution in [3.63, 3.8) is 0 Å². The first-order valence-corrected chi connectivity index (χ1v) is 9.58. The second kappa shape index (κ2) is 6.66. The van der Waals surface area contributed by atoms with Crippen LogP contribution in [0, 0.1) is 0 Å². The fraction of sp³-hybridized carbons (Fsp3) is 0.429. The summed E-state index contributed by atoms with van der Waals surface area (Å²) in [5, 5.41) is 0. The van der Waals surface area contributed by atoms with Crippen molar-refractivity contribution in [1.82, 2.24) is 0 Å². The molecule has 88 valence electrons. The summed E-state index contributed by atoms with van der Waals surface area (Å²) >= 11 is 0. The topological polar surface area (TPSA) is 9.23 Å². The maximum absolute atomic E-state index is 5.58. The maximum atomic E-state index is 5.58. The highest BCUT2D eigenvalue weighted by Crippen LogP contribution is 2.07. The molecule has 0 radical (unpaired) electrons. The molecule has 0 atom stereocenters. The molecule has 0 N–H and O–H groups in total. The molecule has 16 heavy (non-hydrogen) atoms. The van der Waals surface area contributed by atoms with E-state index >= 15 is 0 Å². The fourth-order valence-corrected chi connectivity index (χ4v) is 2.03. The van der Waals surface area contributed by atoms with Crippen LogP contribution in [0.5, 0.6) is 0 Å². The van der Waals surface area contributed by atoms with E-state index in [0.29, 0.717) is 0 Å². The highest BCUT2D eigenvalue weighted by molar-refractivity contribution is 6.76. The zero-order valence-electron chi connectivity index (χ0n) is 10.6. The Balaban J connectivity index is 2.14. The molecule has 0 aliphatic rings. The number of hydrogen-bond donors (Lipinski definition) is 0. The molecule has 0 aliphatic carbocycles. The summed E-state index contributed by atoms with van der Waals surface area (Å²) in [7, 11) is -0.930. The molecule has 0 unspecified atom stereocenters. The van der Waals surface area contributed by atoms with E-state index in [-0.39, 0.29) is 0 Å². The Bertz CT molecular complexity index is 311. The van der Waals surface area contributed by atoms with Crippen LogP contribution in [0.15, 0.2) is 36.4 Å². The highest BCUT2D eigenvalue weighted by Gasteiger charge is 2.11. The first-order chi connectivity index (χ1) is 7.58. The third kappa shape index (κ3) is 6.59. The van der Waals surface area contributed by atoms with Gasteiger partial charge in [-0.15, -0.1) is 0 Å². The Morgan fingerprint density at radius 1 is 1.12 bits per heavy atom. The van der Waals surface area contributed by atoms with E-state index in [1.54, 1.807) is 0 Å². The van der Waals surface area contributed by atoms with Crippen molar-refractivity contribution < 1.29 is 4.74 Å². The van der Waals surface area contributed by atoms with Crippen LogP contribution >= 0.6 is 0 Å². The summed E-state index contributed by atoms with van der Waals surface area (Å²) in [6.45, 7) is 8.73. The molecule has 0 heterocycles. The summed E-state index contributed by atoms with van der Waals surface area (Å²) in [4.78, 5) is 0. The Kier molecular flexibility index (Phi) is 5.50. The lowest BCUT2D eigenvalue weighted by Crippen LogP contribution is -2.21. The molecule has 0 fully saturated rings. The summed E-state index contributed by atoms with van der Waals surface area (Å²) in [6, 6.07) is 11.6. The standard InChI is InChI=1S/C14H22OSi/c1-16(2,3)13-12-15-11-7-10-14-8-5-4-6-9-14/h4-10H,11-13H2,1-3H3/b10-7+. The van der Waals surface area contributed by atoms with Gasteiger partial charge < -0.3 is 4.74 Å². The summed E-state index contributed by atoms with van der Waals surface area (Å²) in [5.41, 5.74) is 1.23. The first-order valence-electron chi connectivity index (χ1n) is 5.87. The van der Waals surface area contributed by atoms with Gasteiger partial charge >= 0.3 is 0 Å². The Labute approximate surface area is 100 Å². The second-order valence-corrected chi connectivity index (χ2v) is 10.8. The Morgan fingerprint density at radius 3 is 2.44 bits per heavy atom. The average Bonchev–Trinajstić information content (AvgIpc) is 2.23. The van der Waals surface area contributed by atoms with Crippen LogP contribution in [-0.2, 0) is 4.74 Å². The SMILES string of the molecule is C[Si](C)(C)CCOC/C=C/c1ccccc1. The van der Waals surface area contributed by atoms with Crippen molar-refractivity contribution in [2.45, 2.75) is 25.7 Å². The Morgan fingerprint density at radius 2 is 1.81 bits per heavy atom. The van der Waals surface area contributed by atoms with Gasteiger partial charge in [0.1, 0.15) is 0 Å². The van der Waals surface area contributed by atoms with Crippen molar-refractivity contribution in [2.75, 3.05) is 13.2 Å². The maximum Gasteiger partial charge on any atom is 0.0650 e. The highest BCUT2D eigenvalue weighted by atomic mass is 28.3. The third-order valence-corrected chi connectivity index (χ3v) is 4.02. The van der Waals surface area contributed by atoms with E-state index < -0.39 is 8.07 Å². The van der Waals surface area contributed by atoms with Gasteiger partial charge in [0.2, 0.25) is 0 Å². The number of benzene rings is 1. The normalized spacial score (nSPS) is 12.2. The molecule has 0 spiro atoms. The van der Waals surface area contributed by atoms with Crippen LogP contribution in [0.1, 0.15) is 5.56 Å². The zero-order chi connectivity index (χ0) is 11.9. The van der Waals surface area contributed by atoms with Gasteiger partial charge in [0.25, 0.3) is 0 Å². The molecule has 1 nitrogen and oxygen atoms in total. The van der Waals surface area contributed by atoms with E-state index in [4.69, 9.17) is 4.74 Å². The molecule has 1 aromatic rings. The minimum Gasteiger partial charge on any atom is -0.378 e. The smallest absolute Gasteiger partial charge is 0.0650 e. The summed E-state index contributed by atoms with van der Waals surface area (Å²) < 4.78 is 5.58. The predicted octanol–water partition coefficient (Wildman–Crippen LogP) is 4.05. The van der Waals surface area contributed by atoms with Crippen LogP contribution in [0.4, 0.5) is 0 Å². The quantitative estimate of drug-likeness (QED) is 0.533. The van der Waals surface area contributed by atoms with E-state index in [1.807, 2.05) is 18.2 Å². The molecule has 1 rings (SSSR count). The monoisotopic (exact) mass is 234 g/mol. The van der Waals surface area contributed by atoms with Gasteiger partial charge in [0.15, 0.2) is 0 Å². The van der Waals surface area contributed by atoms with E-state index in [0.717, 1.165) is 13.2 Å². The van der Waals surface area contributed by atoms with E-state index in [1.165, 1.54) is 11.6 Å². The fourth-order valence-electron chi connectivity index (χ4n) is 1.28. The van der Waals surface area contributed by atoms with Gasteiger partial charge in [-0.25, -0.2) is 0 Å². The lowest BCUT2D eigenvalue weighted by Gasteiger charge is -2.14. The van der Waals surface area contributed by atoms with Crippen molar-refractivity contribution in [1.29, 1.82) is 0 Å². The molecule has 0 saturated carbocycles.